The molecule has 27 heavy (non-hydrogen) atoms. The van der Waals surface area contributed by atoms with Crippen molar-refractivity contribution in [3.05, 3.63) is 35.9 Å². The Kier molecular flexibility index (Phi) is 6.14. The van der Waals surface area contributed by atoms with E-state index < -0.39 is 0 Å². The van der Waals surface area contributed by atoms with Crippen molar-refractivity contribution in [1.29, 1.82) is 0 Å². The minimum absolute atomic E-state index is 0.0399. The molecule has 0 radical (unpaired) electrons. The highest BCUT2D eigenvalue weighted by Gasteiger charge is 2.43. The summed E-state index contributed by atoms with van der Waals surface area (Å²) in [7, 11) is 0. The molecule has 1 aliphatic heterocycles. The van der Waals surface area contributed by atoms with Gasteiger partial charge < -0.3 is 16.0 Å². The predicted octanol–water partition coefficient (Wildman–Crippen LogP) is 1.86. The third-order valence-electron chi connectivity index (χ3n) is 6.13. The maximum absolute atomic E-state index is 12.3. The first-order chi connectivity index (χ1) is 13.0. The summed E-state index contributed by atoms with van der Waals surface area (Å²) in [6, 6.07) is 9.02. The highest BCUT2D eigenvalue weighted by atomic mass is 16.2. The van der Waals surface area contributed by atoms with E-state index >= 15 is 0 Å². The number of carbonyl (C=O) groups excluding carboxylic acids is 3. The van der Waals surface area contributed by atoms with E-state index in [4.69, 9.17) is 0 Å². The Bertz CT molecular complexity index is 691. The molecule has 0 aromatic heterocycles. The summed E-state index contributed by atoms with van der Waals surface area (Å²) in [5.41, 5.74) is 0.537. The van der Waals surface area contributed by atoms with Gasteiger partial charge in [0.25, 0.3) is 5.91 Å². The maximum atomic E-state index is 12.3. The smallest absolute Gasteiger partial charge is 0.251 e. The molecular weight excluding hydrogens is 342 g/mol. The molecule has 1 saturated heterocycles. The van der Waals surface area contributed by atoms with Gasteiger partial charge in [0.1, 0.15) is 0 Å². The first-order valence-corrected chi connectivity index (χ1v) is 9.92. The average molecular weight is 371 g/mol. The second-order valence-corrected chi connectivity index (χ2v) is 7.78. The summed E-state index contributed by atoms with van der Waals surface area (Å²) < 4.78 is 0. The molecule has 1 aromatic carbocycles. The van der Waals surface area contributed by atoms with Crippen LogP contribution in [0.4, 0.5) is 0 Å². The van der Waals surface area contributed by atoms with Crippen molar-refractivity contribution in [2.45, 2.75) is 51.6 Å². The summed E-state index contributed by atoms with van der Waals surface area (Å²) in [6.07, 6.45) is 3.55. The Hall–Kier alpha value is -2.37. The number of piperidine rings is 1. The third kappa shape index (κ3) is 4.49. The second-order valence-electron chi connectivity index (χ2n) is 7.78. The van der Waals surface area contributed by atoms with E-state index in [2.05, 4.69) is 29.8 Å². The van der Waals surface area contributed by atoms with Gasteiger partial charge in [-0.3, -0.25) is 14.4 Å². The number of fused-ring (bicyclic) bond motifs is 1. The van der Waals surface area contributed by atoms with Crippen molar-refractivity contribution in [3.63, 3.8) is 0 Å². The second kappa shape index (κ2) is 8.55. The number of carbonyl (C=O) groups is 3. The van der Waals surface area contributed by atoms with Gasteiger partial charge in [0.05, 0.1) is 6.54 Å². The Labute approximate surface area is 160 Å². The van der Waals surface area contributed by atoms with Crippen molar-refractivity contribution in [1.82, 2.24) is 16.0 Å². The SMILES string of the molecule is CCC1C(=O)NC2CC(NC(=O)CNC(=O)c3ccccc3)CCC2C1C. The van der Waals surface area contributed by atoms with Crippen LogP contribution < -0.4 is 16.0 Å². The van der Waals surface area contributed by atoms with Crippen LogP contribution in [0.15, 0.2) is 30.3 Å². The van der Waals surface area contributed by atoms with Gasteiger partial charge in [0.2, 0.25) is 11.8 Å². The Morgan fingerprint density at radius 3 is 2.63 bits per heavy atom. The van der Waals surface area contributed by atoms with Crippen LogP contribution in [0.25, 0.3) is 0 Å². The monoisotopic (exact) mass is 371 g/mol. The van der Waals surface area contributed by atoms with Gasteiger partial charge in [-0.25, -0.2) is 0 Å². The molecule has 3 amide bonds. The lowest BCUT2D eigenvalue weighted by Crippen LogP contribution is -2.58. The molecule has 0 spiro atoms. The van der Waals surface area contributed by atoms with Crippen molar-refractivity contribution in [2.24, 2.45) is 17.8 Å². The standard InChI is InChI=1S/C21H29N3O3/c1-3-16-13(2)17-10-9-15(11-18(17)24-21(16)27)23-19(25)12-22-20(26)14-7-5-4-6-8-14/h4-8,13,15-18H,3,9-12H2,1-2H3,(H,22,26)(H,23,25)(H,24,27). The van der Waals surface area contributed by atoms with Crippen LogP contribution in [-0.4, -0.2) is 36.3 Å². The average Bonchev–Trinajstić information content (AvgIpc) is 2.67. The fourth-order valence-electron chi connectivity index (χ4n) is 4.64. The van der Waals surface area contributed by atoms with E-state index in [-0.39, 0.29) is 42.3 Å². The van der Waals surface area contributed by atoms with Crippen LogP contribution in [0, 0.1) is 17.8 Å². The molecule has 6 heteroatoms. The Balaban J connectivity index is 1.47. The summed E-state index contributed by atoms with van der Waals surface area (Å²) >= 11 is 0. The van der Waals surface area contributed by atoms with Crippen LogP contribution in [0.2, 0.25) is 0 Å². The maximum Gasteiger partial charge on any atom is 0.251 e. The van der Waals surface area contributed by atoms with Gasteiger partial charge in [-0.05, 0) is 49.7 Å². The van der Waals surface area contributed by atoms with E-state index in [1.54, 1.807) is 24.3 Å². The first kappa shape index (κ1) is 19.4. The van der Waals surface area contributed by atoms with Crippen molar-refractivity contribution in [3.8, 4) is 0 Å². The Morgan fingerprint density at radius 1 is 1.19 bits per heavy atom. The van der Waals surface area contributed by atoms with Crippen LogP contribution in [0.1, 0.15) is 49.9 Å². The quantitative estimate of drug-likeness (QED) is 0.738. The highest BCUT2D eigenvalue weighted by Crippen LogP contribution is 2.38. The van der Waals surface area contributed by atoms with Crippen LogP contribution in [-0.2, 0) is 9.59 Å². The molecular formula is C21H29N3O3. The fourth-order valence-corrected chi connectivity index (χ4v) is 4.64. The van der Waals surface area contributed by atoms with Gasteiger partial charge in [0, 0.05) is 23.6 Å². The largest absolute Gasteiger partial charge is 0.353 e. The zero-order valence-electron chi connectivity index (χ0n) is 16.0. The van der Waals surface area contributed by atoms with Gasteiger partial charge in [-0.1, -0.05) is 32.0 Å². The molecule has 1 aromatic rings. The molecule has 6 nitrogen and oxygen atoms in total. The topological polar surface area (TPSA) is 87.3 Å². The van der Waals surface area contributed by atoms with Crippen LogP contribution in [0.3, 0.4) is 0 Å². The molecule has 3 N–H and O–H groups in total. The number of rotatable bonds is 5. The fraction of sp³-hybridized carbons (Fsp3) is 0.571. The minimum Gasteiger partial charge on any atom is -0.353 e. The zero-order chi connectivity index (χ0) is 19.4. The summed E-state index contributed by atoms with van der Waals surface area (Å²) in [4.78, 5) is 36.5. The third-order valence-corrected chi connectivity index (χ3v) is 6.13. The van der Waals surface area contributed by atoms with Crippen molar-refractivity contribution < 1.29 is 14.4 Å². The van der Waals surface area contributed by atoms with Crippen LogP contribution >= 0.6 is 0 Å². The summed E-state index contributed by atoms with van der Waals surface area (Å²) in [5.74, 6) is 0.672. The lowest BCUT2D eigenvalue weighted by molar-refractivity contribution is -0.133. The van der Waals surface area contributed by atoms with Crippen LogP contribution in [0.5, 0.6) is 0 Å². The van der Waals surface area contributed by atoms with E-state index in [0.717, 1.165) is 25.7 Å². The van der Waals surface area contributed by atoms with E-state index in [9.17, 15) is 14.4 Å². The molecule has 146 valence electrons. The number of benzene rings is 1. The molecule has 2 aliphatic rings. The highest BCUT2D eigenvalue weighted by molar-refractivity contribution is 5.96. The van der Waals surface area contributed by atoms with E-state index in [1.807, 2.05) is 6.07 Å². The molecule has 1 heterocycles. The lowest BCUT2D eigenvalue weighted by atomic mass is 9.67. The van der Waals surface area contributed by atoms with Gasteiger partial charge >= 0.3 is 0 Å². The summed E-state index contributed by atoms with van der Waals surface area (Å²) in [5, 5.41) is 8.82. The van der Waals surface area contributed by atoms with Gasteiger partial charge in [0.15, 0.2) is 0 Å². The Morgan fingerprint density at radius 2 is 1.93 bits per heavy atom. The first-order valence-electron chi connectivity index (χ1n) is 9.92. The van der Waals surface area contributed by atoms with Crippen molar-refractivity contribution in [2.75, 3.05) is 6.54 Å². The number of amides is 3. The zero-order valence-corrected chi connectivity index (χ0v) is 16.0. The normalized spacial score (nSPS) is 30.0. The lowest BCUT2D eigenvalue weighted by Gasteiger charge is -2.46. The molecule has 5 unspecified atom stereocenters. The van der Waals surface area contributed by atoms with E-state index in [0.29, 0.717) is 17.4 Å². The molecule has 3 rings (SSSR count). The number of hydrogen-bond acceptors (Lipinski definition) is 3. The minimum atomic E-state index is -0.256. The van der Waals surface area contributed by atoms with Crippen molar-refractivity contribution >= 4 is 17.7 Å². The van der Waals surface area contributed by atoms with E-state index in [1.165, 1.54) is 0 Å². The number of nitrogens with one attached hydrogen (secondary N) is 3. The number of hydrogen-bond donors (Lipinski definition) is 3. The molecule has 2 fully saturated rings. The predicted molar refractivity (Wildman–Crippen MR) is 103 cm³/mol. The molecule has 5 atom stereocenters. The molecule has 1 aliphatic carbocycles. The summed E-state index contributed by atoms with van der Waals surface area (Å²) in [6.45, 7) is 4.21. The molecule has 0 bridgehead atoms. The molecule has 1 saturated carbocycles. The van der Waals surface area contributed by atoms with Gasteiger partial charge in [-0.15, -0.1) is 0 Å². The van der Waals surface area contributed by atoms with Gasteiger partial charge in [-0.2, -0.15) is 0 Å².